The van der Waals surface area contributed by atoms with Crippen molar-refractivity contribution in [2.24, 2.45) is 0 Å². The van der Waals surface area contributed by atoms with E-state index in [0.717, 1.165) is 26.2 Å². The number of benzene rings is 1. The van der Waals surface area contributed by atoms with Gasteiger partial charge in [0, 0.05) is 44.6 Å². The zero-order valence-electron chi connectivity index (χ0n) is 11.9. The Labute approximate surface area is 120 Å². The lowest BCUT2D eigenvalue weighted by Gasteiger charge is -2.31. The van der Waals surface area contributed by atoms with Gasteiger partial charge in [-0.3, -0.25) is 9.88 Å². The summed E-state index contributed by atoms with van der Waals surface area (Å²) in [6.07, 6.45) is 3.69. The van der Waals surface area contributed by atoms with Crippen LogP contribution in [0.5, 0.6) is 0 Å². The number of hydrogen-bond acceptors (Lipinski definition) is 3. The van der Waals surface area contributed by atoms with Crippen LogP contribution >= 0.6 is 0 Å². The first-order valence-corrected chi connectivity index (χ1v) is 7.26. The lowest BCUT2D eigenvalue weighted by molar-refractivity contribution is 0.199. The van der Waals surface area contributed by atoms with E-state index < -0.39 is 0 Å². The van der Waals surface area contributed by atoms with Gasteiger partial charge in [0.1, 0.15) is 0 Å². The summed E-state index contributed by atoms with van der Waals surface area (Å²) < 4.78 is 0. The van der Waals surface area contributed by atoms with Crippen molar-refractivity contribution in [1.82, 2.24) is 15.2 Å². The normalized spacial score (nSPS) is 19.9. The topological polar surface area (TPSA) is 28.2 Å². The molecule has 3 nitrogen and oxygen atoms in total. The molecule has 0 radical (unpaired) electrons. The minimum atomic E-state index is 0.590. The summed E-state index contributed by atoms with van der Waals surface area (Å²) in [4.78, 5) is 6.60. The van der Waals surface area contributed by atoms with Crippen molar-refractivity contribution >= 4 is 0 Å². The molecule has 20 heavy (non-hydrogen) atoms. The fourth-order valence-electron chi connectivity index (χ4n) is 2.81. The standard InChI is InChI=1S/C17H21N3/c1-14-12-20(10-9-19-14)13-15-3-2-4-17(11-15)16-5-7-18-8-6-16/h2-8,11,14,19H,9-10,12-13H2,1H3/t14-/m0/s1. The first kappa shape index (κ1) is 13.3. The van der Waals surface area contributed by atoms with E-state index in [0.29, 0.717) is 6.04 Å². The first-order chi connectivity index (χ1) is 9.81. The van der Waals surface area contributed by atoms with E-state index >= 15 is 0 Å². The van der Waals surface area contributed by atoms with Gasteiger partial charge in [0.2, 0.25) is 0 Å². The number of hydrogen-bond donors (Lipinski definition) is 1. The van der Waals surface area contributed by atoms with Crippen LogP contribution in [-0.2, 0) is 6.54 Å². The van der Waals surface area contributed by atoms with E-state index in [9.17, 15) is 0 Å². The summed E-state index contributed by atoms with van der Waals surface area (Å²) in [7, 11) is 0. The van der Waals surface area contributed by atoms with E-state index in [1.54, 1.807) is 0 Å². The van der Waals surface area contributed by atoms with Gasteiger partial charge in [-0.25, -0.2) is 0 Å². The Morgan fingerprint density at radius 3 is 2.85 bits per heavy atom. The van der Waals surface area contributed by atoms with E-state index in [2.05, 4.69) is 58.5 Å². The molecule has 1 fully saturated rings. The second-order valence-corrected chi connectivity index (χ2v) is 5.53. The minimum absolute atomic E-state index is 0.590. The van der Waals surface area contributed by atoms with Crippen LogP contribution in [0.15, 0.2) is 48.8 Å². The maximum Gasteiger partial charge on any atom is 0.0273 e. The Balaban J connectivity index is 1.74. The molecule has 0 unspecified atom stereocenters. The molecule has 1 aromatic carbocycles. The Kier molecular flexibility index (Phi) is 4.09. The molecule has 1 aliphatic rings. The molecule has 1 aliphatic heterocycles. The quantitative estimate of drug-likeness (QED) is 0.926. The number of rotatable bonds is 3. The van der Waals surface area contributed by atoms with E-state index in [1.165, 1.54) is 16.7 Å². The van der Waals surface area contributed by atoms with Crippen molar-refractivity contribution < 1.29 is 0 Å². The summed E-state index contributed by atoms with van der Waals surface area (Å²) in [5, 5.41) is 3.49. The highest BCUT2D eigenvalue weighted by Gasteiger charge is 2.15. The summed E-state index contributed by atoms with van der Waals surface area (Å²) in [6.45, 7) is 6.62. The Morgan fingerprint density at radius 1 is 1.20 bits per heavy atom. The zero-order chi connectivity index (χ0) is 13.8. The van der Waals surface area contributed by atoms with Gasteiger partial charge in [-0.1, -0.05) is 18.2 Å². The van der Waals surface area contributed by atoms with Crippen LogP contribution in [0.25, 0.3) is 11.1 Å². The highest BCUT2D eigenvalue weighted by molar-refractivity contribution is 5.63. The van der Waals surface area contributed by atoms with Crippen LogP contribution in [0.2, 0.25) is 0 Å². The Hall–Kier alpha value is -1.71. The Bertz CT molecular complexity index is 553. The molecule has 2 aromatic rings. The third kappa shape index (κ3) is 3.24. The van der Waals surface area contributed by atoms with Gasteiger partial charge in [-0.15, -0.1) is 0 Å². The van der Waals surface area contributed by atoms with Gasteiger partial charge in [0.15, 0.2) is 0 Å². The molecular weight excluding hydrogens is 246 g/mol. The van der Waals surface area contributed by atoms with Gasteiger partial charge < -0.3 is 5.32 Å². The van der Waals surface area contributed by atoms with E-state index in [4.69, 9.17) is 0 Å². The molecule has 3 heteroatoms. The van der Waals surface area contributed by atoms with Crippen LogP contribution < -0.4 is 5.32 Å². The fraction of sp³-hybridized carbons (Fsp3) is 0.353. The fourth-order valence-corrected chi connectivity index (χ4v) is 2.81. The SMILES string of the molecule is C[C@H]1CN(Cc2cccc(-c3ccncc3)c2)CCN1. The molecule has 1 saturated heterocycles. The van der Waals surface area contributed by atoms with Gasteiger partial charge in [0.05, 0.1) is 0 Å². The number of piperazine rings is 1. The smallest absolute Gasteiger partial charge is 0.0273 e. The molecule has 0 amide bonds. The number of pyridine rings is 1. The van der Waals surface area contributed by atoms with Gasteiger partial charge in [0.25, 0.3) is 0 Å². The third-order valence-electron chi connectivity index (χ3n) is 3.80. The molecule has 1 aromatic heterocycles. The van der Waals surface area contributed by atoms with Gasteiger partial charge in [-0.2, -0.15) is 0 Å². The molecule has 1 atom stereocenters. The van der Waals surface area contributed by atoms with Crippen LogP contribution in [0, 0.1) is 0 Å². The summed E-state index contributed by atoms with van der Waals surface area (Å²) >= 11 is 0. The maximum atomic E-state index is 4.08. The van der Waals surface area contributed by atoms with Gasteiger partial charge in [-0.05, 0) is 41.8 Å². The van der Waals surface area contributed by atoms with E-state index in [-0.39, 0.29) is 0 Å². The van der Waals surface area contributed by atoms with E-state index in [1.807, 2.05) is 12.4 Å². The molecule has 0 saturated carbocycles. The molecule has 3 rings (SSSR count). The van der Waals surface area contributed by atoms with Crippen molar-refractivity contribution in [1.29, 1.82) is 0 Å². The zero-order valence-corrected chi connectivity index (χ0v) is 11.9. The number of nitrogens with zero attached hydrogens (tertiary/aromatic N) is 2. The van der Waals surface area contributed by atoms with Crippen molar-refractivity contribution in [3.05, 3.63) is 54.4 Å². The number of nitrogens with one attached hydrogen (secondary N) is 1. The maximum absolute atomic E-state index is 4.08. The van der Waals surface area contributed by atoms with Crippen LogP contribution in [0.1, 0.15) is 12.5 Å². The average Bonchev–Trinajstić information content (AvgIpc) is 2.48. The number of aromatic nitrogens is 1. The van der Waals surface area contributed by atoms with Crippen LogP contribution in [0.4, 0.5) is 0 Å². The summed E-state index contributed by atoms with van der Waals surface area (Å²) in [5.41, 5.74) is 3.89. The second-order valence-electron chi connectivity index (χ2n) is 5.53. The predicted molar refractivity (Wildman–Crippen MR) is 82.4 cm³/mol. The molecule has 0 spiro atoms. The molecule has 104 valence electrons. The van der Waals surface area contributed by atoms with Crippen molar-refractivity contribution in [3.8, 4) is 11.1 Å². The summed E-state index contributed by atoms with van der Waals surface area (Å²) in [6, 6.07) is 13.5. The van der Waals surface area contributed by atoms with Gasteiger partial charge >= 0.3 is 0 Å². The first-order valence-electron chi connectivity index (χ1n) is 7.26. The second kappa shape index (κ2) is 6.16. The molecule has 1 N–H and O–H groups in total. The van der Waals surface area contributed by atoms with Crippen molar-refractivity contribution in [3.63, 3.8) is 0 Å². The van der Waals surface area contributed by atoms with Crippen molar-refractivity contribution in [2.75, 3.05) is 19.6 Å². The largest absolute Gasteiger partial charge is 0.312 e. The van der Waals surface area contributed by atoms with Crippen LogP contribution in [0.3, 0.4) is 0 Å². The highest BCUT2D eigenvalue weighted by Crippen LogP contribution is 2.20. The summed E-state index contributed by atoms with van der Waals surface area (Å²) in [5.74, 6) is 0. The third-order valence-corrected chi connectivity index (χ3v) is 3.80. The molecule has 0 bridgehead atoms. The average molecular weight is 267 g/mol. The lowest BCUT2D eigenvalue weighted by atomic mass is 10.0. The predicted octanol–water partition coefficient (Wildman–Crippen LogP) is 2.54. The monoisotopic (exact) mass is 267 g/mol. The molecule has 2 heterocycles. The minimum Gasteiger partial charge on any atom is -0.312 e. The van der Waals surface area contributed by atoms with Crippen molar-refractivity contribution in [2.45, 2.75) is 19.5 Å². The van der Waals surface area contributed by atoms with Crippen LogP contribution in [-0.4, -0.2) is 35.6 Å². The Morgan fingerprint density at radius 2 is 2.05 bits per heavy atom. The molecular formula is C17H21N3. The lowest BCUT2D eigenvalue weighted by Crippen LogP contribution is -2.48. The highest BCUT2D eigenvalue weighted by atomic mass is 15.2. The molecule has 0 aliphatic carbocycles.